The van der Waals surface area contributed by atoms with Gasteiger partial charge >= 0.3 is 6.01 Å². The lowest BCUT2D eigenvalue weighted by Gasteiger charge is -2.12. The molecule has 0 aliphatic rings. The molecular formula is C27H21FN6O. The third kappa shape index (κ3) is 3.87. The van der Waals surface area contributed by atoms with Crippen LogP contribution in [0.3, 0.4) is 0 Å². The zero-order chi connectivity index (χ0) is 24.7. The predicted octanol–water partition coefficient (Wildman–Crippen LogP) is 5.33. The number of halogens is 1. The van der Waals surface area contributed by atoms with E-state index in [1.54, 1.807) is 30.6 Å². The molecule has 0 aliphatic carbocycles. The first kappa shape index (κ1) is 22.2. The molecule has 0 saturated heterocycles. The molecule has 0 aliphatic heterocycles. The second kappa shape index (κ2) is 8.61. The molecule has 4 heterocycles. The lowest BCUT2D eigenvalue weighted by molar-refractivity contribution is 0.410. The molecule has 0 spiro atoms. The Morgan fingerprint density at radius 3 is 2.57 bits per heavy atom. The molecule has 5 aromatic rings. The number of terminal acetylenes is 1. The Labute approximate surface area is 201 Å². The maximum Gasteiger partial charge on any atom is 0.322 e. The summed E-state index contributed by atoms with van der Waals surface area (Å²) in [5.74, 6) is 2.06. The van der Waals surface area contributed by atoms with Gasteiger partial charge in [0.25, 0.3) is 0 Å². The molecular weight excluding hydrogens is 443 g/mol. The van der Waals surface area contributed by atoms with Crippen molar-refractivity contribution in [3.8, 4) is 46.5 Å². The van der Waals surface area contributed by atoms with E-state index in [1.807, 2.05) is 38.5 Å². The SMILES string of the molecule is C#Cc1cc(C)c(-c2c(-c3ccc(Oc4nccc(C)n4)c(F)c3)c3c(C)ncnc3n2C)cn1. The van der Waals surface area contributed by atoms with Crippen molar-refractivity contribution in [3.05, 3.63) is 77.5 Å². The molecule has 35 heavy (non-hydrogen) atoms. The molecule has 0 bridgehead atoms. The van der Waals surface area contributed by atoms with Crippen LogP contribution in [0.4, 0.5) is 4.39 Å². The lowest BCUT2D eigenvalue weighted by Crippen LogP contribution is -1.98. The molecule has 172 valence electrons. The van der Waals surface area contributed by atoms with E-state index in [0.29, 0.717) is 11.3 Å². The summed E-state index contributed by atoms with van der Waals surface area (Å²) in [4.78, 5) is 21.5. The van der Waals surface area contributed by atoms with E-state index >= 15 is 4.39 Å². The summed E-state index contributed by atoms with van der Waals surface area (Å²) >= 11 is 0. The van der Waals surface area contributed by atoms with Crippen LogP contribution in [0.5, 0.6) is 11.8 Å². The number of benzene rings is 1. The Kier molecular flexibility index (Phi) is 5.46. The monoisotopic (exact) mass is 464 g/mol. The average molecular weight is 465 g/mol. The Morgan fingerprint density at radius 1 is 1.03 bits per heavy atom. The lowest BCUT2D eigenvalue weighted by atomic mass is 9.96. The highest BCUT2D eigenvalue weighted by Crippen LogP contribution is 2.42. The van der Waals surface area contributed by atoms with Gasteiger partial charge in [0.1, 0.15) is 17.7 Å². The smallest absolute Gasteiger partial charge is 0.322 e. The predicted molar refractivity (Wildman–Crippen MR) is 131 cm³/mol. The van der Waals surface area contributed by atoms with Crippen molar-refractivity contribution in [1.29, 1.82) is 0 Å². The third-order valence-electron chi connectivity index (χ3n) is 5.87. The summed E-state index contributed by atoms with van der Waals surface area (Å²) in [5.41, 5.74) is 6.90. The van der Waals surface area contributed by atoms with E-state index in [4.69, 9.17) is 11.2 Å². The minimum atomic E-state index is -0.539. The normalized spacial score (nSPS) is 11.0. The fourth-order valence-electron chi connectivity index (χ4n) is 4.19. The molecule has 5 rings (SSSR count). The summed E-state index contributed by atoms with van der Waals surface area (Å²) in [5, 5.41) is 0.834. The van der Waals surface area contributed by atoms with Crippen molar-refractivity contribution < 1.29 is 9.13 Å². The molecule has 0 unspecified atom stereocenters. The number of ether oxygens (including phenoxy) is 1. The Hall–Kier alpha value is -4.64. The molecule has 0 saturated carbocycles. The molecule has 1 aromatic carbocycles. The fraction of sp³-hybridized carbons (Fsp3) is 0.148. The molecule has 0 radical (unpaired) electrons. The van der Waals surface area contributed by atoms with Crippen LogP contribution in [-0.4, -0.2) is 29.5 Å². The van der Waals surface area contributed by atoms with Gasteiger partial charge in [-0.05, 0) is 56.2 Å². The van der Waals surface area contributed by atoms with Crippen molar-refractivity contribution in [2.24, 2.45) is 7.05 Å². The summed E-state index contributed by atoms with van der Waals surface area (Å²) in [7, 11) is 1.92. The first-order chi connectivity index (χ1) is 16.9. The minimum Gasteiger partial charge on any atom is -0.421 e. The number of nitrogens with zero attached hydrogens (tertiary/aromatic N) is 6. The van der Waals surface area contributed by atoms with Gasteiger partial charge in [-0.2, -0.15) is 0 Å². The molecule has 0 atom stereocenters. The summed E-state index contributed by atoms with van der Waals surface area (Å²) in [6.45, 7) is 5.69. The van der Waals surface area contributed by atoms with Crippen LogP contribution in [0.15, 0.2) is 49.1 Å². The van der Waals surface area contributed by atoms with Crippen LogP contribution in [0, 0.1) is 38.9 Å². The van der Waals surface area contributed by atoms with Gasteiger partial charge in [-0.1, -0.05) is 12.0 Å². The van der Waals surface area contributed by atoms with Gasteiger partial charge < -0.3 is 9.30 Å². The Bertz CT molecular complexity index is 1650. The Morgan fingerprint density at radius 2 is 1.86 bits per heavy atom. The molecule has 0 amide bonds. The number of hydrogen-bond acceptors (Lipinski definition) is 6. The second-order valence-corrected chi connectivity index (χ2v) is 8.20. The maximum atomic E-state index is 15.3. The molecule has 0 N–H and O–H groups in total. The zero-order valence-electron chi connectivity index (χ0n) is 19.7. The highest BCUT2D eigenvalue weighted by atomic mass is 19.1. The Balaban J connectivity index is 1.71. The fourth-order valence-corrected chi connectivity index (χ4v) is 4.19. The summed E-state index contributed by atoms with van der Waals surface area (Å²) in [6.07, 6.45) is 10.4. The van der Waals surface area contributed by atoms with Gasteiger partial charge in [-0.3, -0.25) is 0 Å². The third-order valence-corrected chi connectivity index (χ3v) is 5.87. The van der Waals surface area contributed by atoms with E-state index < -0.39 is 5.82 Å². The zero-order valence-corrected chi connectivity index (χ0v) is 19.7. The highest BCUT2D eigenvalue weighted by Gasteiger charge is 2.23. The number of aromatic nitrogens is 6. The van der Waals surface area contributed by atoms with Gasteiger partial charge in [-0.15, -0.1) is 6.42 Å². The van der Waals surface area contributed by atoms with E-state index in [1.165, 1.54) is 12.4 Å². The van der Waals surface area contributed by atoms with Gasteiger partial charge in [0, 0.05) is 41.6 Å². The van der Waals surface area contributed by atoms with E-state index in [9.17, 15) is 0 Å². The van der Waals surface area contributed by atoms with Crippen LogP contribution in [-0.2, 0) is 7.05 Å². The summed E-state index contributed by atoms with van der Waals surface area (Å²) in [6, 6.07) is 8.50. The number of hydrogen-bond donors (Lipinski definition) is 0. The van der Waals surface area contributed by atoms with Crippen LogP contribution in [0.2, 0.25) is 0 Å². The summed E-state index contributed by atoms with van der Waals surface area (Å²) < 4.78 is 22.9. The van der Waals surface area contributed by atoms with Gasteiger partial charge in [-0.25, -0.2) is 29.3 Å². The quantitative estimate of drug-likeness (QED) is 0.335. The van der Waals surface area contributed by atoms with Gasteiger partial charge in [0.15, 0.2) is 11.6 Å². The van der Waals surface area contributed by atoms with Gasteiger partial charge in [0.2, 0.25) is 0 Å². The van der Waals surface area contributed by atoms with Crippen LogP contribution >= 0.6 is 0 Å². The van der Waals surface area contributed by atoms with Crippen molar-refractivity contribution in [2.45, 2.75) is 20.8 Å². The second-order valence-electron chi connectivity index (χ2n) is 8.20. The minimum absolute atomic E-state index is 0.0327. The molecule has 8 heteroatoms. The van der Waals surface area contributed by atoms with E-state index in [0.717, 1.165) is 44.8 Å². The maximum absolute atomic E-state index is 15.3. The standard InChI is InChI=1S/C27H21FN6O/c1-6-19-11-15(2)20(13-30-19)25-24(23-17(4)31-14-32-26(23)34(25)5)18-7-8-22(21(28)12-18)35-27-29-10-9-16(3)33-27/h1,7-14H,2-5H3. The number of aryl methyl sites for hydroxylation is 4. The highest BCUT2D eigenvalue weighted by molar-refractivity contribution is 6.04. The van der Waals surface area contributed by atoms with E-state index in [-0.39, 0.29) is 11.8 Å². The van der Waals surface area contributed by atoms with Crippen LogP contribution < -0.4 is 4.74 Å². The topological polar surface area (TPSA) is 78.6 Å². The van der Waals surface area contributed by atoms with Crippen molar-refractivity contribution in [3.63, 3.8) is 0 Å². The molecule has 4 aromatic heterocycles. The van der Waals surface area contributed by atoms with Crippen LogP contribution in [0.1, 0.15) is 22.6 Å². The first-order valence-electron chi connectivity index (χ1n) is 10.9. The molecule has 7 nitrogen and oxygen atoms in total. The first-order valence-corrected chi connectivity index (χ1v) is 10.9. The molecule has 0 fully saturated rings. The number of pyridine rings is 1. The largest absolute Gasteiger partial charge is 0.421 e. The van der Waals surface area contributed by atoms with Crippen LogP contribution in [0.25, 0.3) is 33.4 Å². The number of fused-ring (bicyclic) bond motifs is 1. The average Bonchev–Trinajstić information content (AvgIpc) is 3.14. The van der Waals surface area contributed by atoms with Crippen molar-refractivity contribution in [1.82, 2.24) is 29.5 Å². The number of rotatable bonds is 4. The van der Waals surface area contributed by atoms with E-state index in [2.05, 4.69) is 30.8 Å². The van der Waals surface area contributed by atoms with Crippen molar-refractivity contribution in [2.75, 3.05) is 0 Å². The van der Waals surface area contributed by atoms with Gasteiger partial charge in [0.05, 0.1) is 11.4 Å². The van der Waals surface area contributed by atoms with Crippen molar-refractivity contribution >= 4 is 11.0 Å².